The molecule has 0 unspecified atom stereocenters. The zero-order chi connectivity index (χ0) is 16.2. The summed E-state index contributed by atoms with van der Waals surface area (Å²) in [5.41, 5.74) is 11.6. The van der Waals surface area contributed by atoms with Gasteiger partial charge < -0.3 is 4.98 Å². The standard InChI is InChI=1S/C15H11FN6S/c1-23-15-19-13(9-2-4-11(16)5-3-9)14(20-15)10-6-7-18-12(8-10)21-22-17/h2-8H,1H3,(H,19,20). The smallest absolute Gasteiger partial charge is 0.166 e. The van der Waals surface area contributed by atoms with Gasteiger partial charge in [0.1, 0.15) is 11.6 Å². The number of imidazole rings is 1. The molecular weight excluding hydrogens is 315 g/mol. The Bertz CT molecular complexity index is 883. The predicted octanol–water partition coefficient (Wildman–Crippen LogP) is 4.94. The molecule has 6 nitrogen and oxygen atoms in total. The van der Waals surface area contributed by atoms with Crippen LogP contribution in [0.3, 0.4) is 0 Å². The number of hydrogen-bond donors (Lipinski definition) is 1. The highest BCUT2D eigenvalue weighted by molar-refractivity contribution is 7.98. The third-order valence-electron chi connectivity index (χ3n) is 3.17. The lowest BCUT2D eigenvalue weighted by Gasteiger charge is -2.03. The van der Waals surface area contributed by atoms with Crippen molar-refractivity contribution >= 4 is 17.6 Å². The van der Waals surface area contributed by atoms with E-state index in [4.69, 9.17) is 5.53 Å². The Morgan fingerprint density at radius 3 is 2.70 bits per heavy atom. The van der Waals surface area contributed by atoms with E-state index in [1.165, 1.54) is 23.9 Å². The first-order chi connectivity index (χ1) is 11.2. The fourth-order valence-corrected chi connectivity index (χ4v) is 2.54. The van der Waals surface area contributed by atoms with Crippen LogP contribution in [0.25, 0.3) is 33.0 Å². The van der Waals surface area contributed by atoms with Crippen molar-refractivity contribution in [3.63, 3.8) is 0 Å². The summed E-state index contributed by atoms with van der Waals surface area (Å²) in [6.07, 6.45) is 3.47. The van der Waals surface area contributed by atoms with Crippen LogP contribution in [-0.2, 0) is 0 Å². The number of halogens is 1. The lowest BCUT2D eigenvalue weighted by Crippen LogP contribution is -1.85. The van der Waals surface area contributed by atoms with Gasteiger partial charge in [0.15, 0.2) is 5.16 Å². The van der Waals surface area contributed by atoms with Crippen LogP contribution in [0.15, 0.2) is 52.9 Å². The maximum Gasteiger partial charge on any atom is 0.166 e. The van der Waals surface area contributed by atoms with Crippen molar-refractivity contribution in [2.45, 2.75) is 5.16 Å². The molecule has 0 bridgehead atoms. The number of nitrogens with zero attached hydrogens (tertiary/aromatic N) is 5. The fraction of sp³-hybridized carbons (Fsp3) is 0.0667. The number of rotatable bonds is 4. The predicted molar refractivity (Wildman–Crippen MR) is 87.8 cm³/mol. The third kappa shape index (κ3) is 3.18. The van der Waals surface area contributed by atoms with Crippen LogP contribution in [0.5, 0.6) is 0 Å². The number of azide groups is 1. The summed E-state index contributed by atoms with van der Waals surface area (Å²) in [6.45, 7) is 0. The van der Waals surface area contributed by atoms with Crippen LogP contribution < -0.4 is 0 Å². The molecular formula is C15H11FN6S. The molecule has 0 saturated carbocycles. The molecule has 1 aromatic carbocycles. The number of pyridine rings is 1. The van der Waals surface area contributed by atoms with Gasteiger partial charge in [-0.05, 0) is 53.3 Å². The molecule has 3 rings (SSSR count). The number of benzene rings is 1. The van der Waals surface area contributed by atoms with Crippen molar-refractivity contribution in [3.05, 3.63) is 58.9 Å². The van der Waals surface area contributed by atoms with Crippen molar-refractivity contribution < 1.29 is 4.39 Å². The zero-order valence-electron chi connectivity index (χ0n) is 12.1. The molecule has 114 valence electrons. The van der Waals surface area contributed by atoms with Gasteiger partial charge in [0.25, 0.3) is 0 Å². The van der Waals surface area contributed by atoms with Crippen LogP contribution >= 0.6 is 11.8 Å². The van der Waals surface area contributed by atoms with Crippen LogP contribution in [0.1, 0.15) is 0 Å². The molecule has 23 heavy (non-hydrogen) atoms. The van der Waals surface area contributed by atoms with Gasteiger partial charge in [0.05, 0.1) is 11.4 Å². The summed E-state index contributed by atoms with van der Waals surface area (Å²) in [6, 6.07) is 9.61. The summed E-state index contributed by atoms with van der Waals surface area (Å²) in [5.74, 6) is -0.0294. The highest BCUT2D eigenvalue weighted by Crippen LogP contribution is 2.33. The molecule has 0 radical (unpaired) electrons. The Morgan fingerprint density at radius 2 is 2.00 bits per heavy atom. The minimum absolute atomic E-state index is 0.267. The van der Waals surface area contributed by atoms with E-state index in [2.05, 4.69) is 25.0 Å². The Hall–Kier alpha value is -2.83. The second-order valence-electron chi connectivity index (χ2n) is 4.57. The summed E-state index contributed by atoms with van der Waals surface area (Å²) < 4.78 is 13.2. The van der Waals surface area contributed by atoms with Crippen molar-refractivity contribution in [2.24, 2.45) is 5.11 Å². The number of nitrogens with one attached hydrogen (secondary N) is 1. The summed E-state index contributed by atoms with van der Waals surface area (Å²) in [4.78, 5) is 14.5. The average molecular weight is 326 g/mol. The lowest BCUT2D eigenvalue weighted by molar-refractivity contribution is 0.628. The topological polar surface area (TPSA) is 90.3 Å². The van der Waals surface area contributed by atoms with Gasteiger partial charge in [-0.1, -0.05) is 11.8 Å². The van der Waals surface area contributed by atoms with E-state index in [0.29, 0.717) is 5.69 Å². The van der Waals surface area contributed by atoms with E-state index in [-0.39, 0.29) is 11.6 Å². The van der Waals surface area contributed by atoms with Gasteiger partial charge in [-0.25, -0.2) is 9.37 Å². The fourth-order valence-electron chi connectivity index (χ4n) is 2.15. The maximum absolute atomic E-state index is 13.2. The minimum Gasteiger partial charge on any atom is -0.332 e. The van der Waals surface area contributed by atoms with Gasteiger partial charge in [0.2, 0.25) is 0 Å². The average Bonchev–Trinajstić information content (AvgIpc) is 3.00. The quantitative estimate of drug-likeness (QED) is 0.318. The molecule has 0 aliphatic rings. The van der Waals surface area contributed by atoms with Gasteiger partial charge >= 0.3 is 0 Å². The minimum atomic E-state index is -0.297. The SMILES string of the molecule is CSc1nc(-c2ccnc(N=[N+]=[N-])c2)c(-c2ccc(F)cc2)[nH]1. The van der Waals surface area contributed by atoms with Gasteiger partial charge in [0, 0.05) is 22.2 Å². The first-order valence-corrected chi connectivity index (χ1v) is 7.85. The summed E-state index contributed by atoms with van der Waals surface area (Å²) in [5, 5.41) is 4.25. The lowest BCUT2D eigenvalue weighted by atomic mass is 10.1. The second-order valence-corrected chi connectivity index (χ2v) is 5.36. The highest BCUT2D eigenvalue weighted by Gasteiger charge is 2.14. The highest BCUT2D eigenvalue weighted by atomic mass is 32.2. The monoisotopic (exact) mass is 326 g/mol. The van der Waals surface area contributed by atoms with E-state index in [0.717, 1.165) is 22.0 Å². The van der Waals surface area contributed by atoms with Crippen molar-refractivity contribution in [1.29, 1.82) is 0 Å². The maximum atomic E-state index is 13.2. The van der Waals surface area contributed by atoms with Crippen LogP contribution in [0.2, 0.25) is 0 Å². The van der Waals surface area contributed by atoms with Crippen LogP contribution in [-0.4, -0.2) is 21.2 Å². The second kappa shape index (κ2) is 6.51. The summed E-state index contributed by atoms with van der Waals surface area (Å²) in [7, 11) is 0. The molecule has 8 heteroatoms. The van der Waals surface area contributed by atoms with Gasteiger partial charge in [-0.2, -0.15) is 0 Å². The normalized spacial score (nSPS) is 10.3. The molecule has 0 atom stereocenters. The Morgan fingerprint density at radius 1 is 1.22 bits per heavy atom. The number of aromatic nitrogens is 3. The molecule has 2 aromatic heterocycles. The molecule has 0 saturated heterocycles. The largest absolute Gasteiger partial charge is 0.332 e. The molecule has 1 N–H and O–H groups in total. The molecule has 0 aliphatic carbocycles. The molecule has 0 amide bonds. The van der Waals surface area contributed by atoms with Crippen molar-refractivity contribution in [1.82, 2.24) is 15.0 Å². The Kier molecular flexibility index (Phi) is 4.27. The van der Waals surface area contributed by atoms with Crippen molar-refractivity contribution in [2.75, 3.05) is 6.26 Å². The van der Waals surface area contributed by atoms with Crippen LogP contribution in [0.4, 0.5) is 10.2 Å². The number of hydrogen-bond acceptors (Lipinski definition) is 4. The molecule has 2 heterocycles. The van der Waals surface area contributed by atoms with E-state index in [1.807, 2.05) is 6.26 Å². The molecule has 0 aliphatic heterocycles. The Balaban J connectivity index is 2.15. The van der Waals surface area contributed by atoms with Crippen molar-refractivity contribution in [3.8, 4) is 22.5 Å². The molecule has 0 spiro atoms. The van der Waals surface area contributed by atoms with E-state index in [1.54, 1.807) is 30.5 Å². The van der Waals surface area contributed by atoms with E-state index < -0.39 is 0 Å². The third-order valence-corrected chi connectivity index (χ3v) is 3.75. The number of thioether (sulfide) groups is 1. The van der Waals surface area contributed by atoms with Gasteiger partial charge in [-0.15, -0.1) is 0 Å². The van der Waals surface area contributed by atoms with E-state index in [9.17, 15) is 4.39 Å². The molecule has 0 fully saturated rings. The molecule has 3 aromatic rings. The first-order valence-electron chi connectivity index (χ1n) is 6.62. The van der Waals surface area contributed by atoms with E-state index >= 15 is 0 Å². The van der Waals surface area contributed by atoms with Crippen LogP contribution in [0, 0.1) is 5.82 Å². The first kappa shape index (κ1) is 15.1. The zero-order valence-corrected chi connectivity index (χ0v) is 12.9. The Labute approximate surface area is 135 Å². The number of H-pyrrole nitrogens is 1. The summed E-state index contributed by atoms with van der Waals surface area (Å²) >= 11 is 1.47. The van der Waals surface area contributed by atoms with Gasteiger partial charge in [-0.3, -0.25) is 4.98 Å². The number of aromatic amines is 1.